The molecule has 0 spiro atoms. The summed E-state index contributed by atoms with van der Waals surface area (Å²) in [4.78, 5) is -0.160. The van der Waals surface area contributed by atoms with Crippen LogP contribution in [0.2, 0.25) is 0 Å². The third kappa shape index (κ3) is 4.52. The second kappa shape index (κ2) is 7.18. The van der Waals surface area contributed by atoms with E-state index in [4.69, 9.17) is 6.42 Å². The molecule has 1 heterocycles. The van der Waals surface area contributed by atoms with Crippen LogP contribution in [0, 0.1) is 12.3 Å². The molecule has 0 aromatic heterocycles. The van der Waals surface area contributed by atoms with E-state index in [9.17, 15) is 25.3 Å². The van der Waals surface area contributed by atoms with Gasteiger partial charge in [0.05, 0.1) is 27.8 Å². The van der Waals surface area contributed by atoms with E-state index < -0.39 is 35.9 Å². The van der Waals surface area contributed by atoms with Gasteiger partial charge in [-0.3, -0.25) is 0 Å². The molecule has 1 aromatic carbocycles. The topological polar surface area (TPSA) is 118 Å². The largest absolute Gasteiger partial charge is 0.244 e. The number of terminal acetylenes is 1. The summed E-state index contributed by atoms with van der Waals surface area (Å²) >= 11 is 0. The molecule has 3 rings (SSSR count). The SMILES string of the molecule is C#CCN(C1CCS(=O)(=O)C1)S(=O)(=O)c1ccc(S(=O)(=O)NC2CC2)cc1. The fourth-order valence-corrected chi connectivity index (χ4v) is 7.62. The minimum Gasteiger partial charge on any atom is -0.229 e. The third-order valence-electron chi connectivity index (χ3n) is 4.50. The molecule has 0 amide bonds. The number of hydrogen-bond donors (Lipinski definition) is 1. The normalized spacial score (nSPS) is 22.6. The molecular formula is C16H20N2O6S3. The van der Waals surface area contributed by atoms with Gasteiger partial charge in [0, 0.05) is 12.1 Å². The van der Waals surface area contributed by atoms with Gasteiger partial charge in [-0.2, -0.15) is 4.31 Å². The predicted molar refractivity (Wildman–Crippen MR) is 99.6 cm³/mol. The Hall–Kier alpha value is -1.45. The highest BCUT2D eigenvalue weighted by atomic mass is 32.2. The average Bonchev–Trinajstić information content (AvgIpc) is 3.32. The lowest BCUT2D eigenvalue weighted by Crippen LogP contribution is -2.41. The van der Waals surface area contributed by atoms with Gasteiger partial charge in [0.1, 0.15) is 0 Å². The van der Waals surface area contributed by atoms with Crippen LogP contribution in [0.5, 0.6) is 0 Å². The van der Waals surface area contributed by atoms with Crippen LogP contribution in [0.3, 0.4) is 0 Å². The van der Waals surface area contributed by atoms with Crippen LogP contribution in [-0.4, -0.2) is 59.7 Å². The molecule has 2 aliphatic rings. The van der Waals surface area contributed by atoms with Crippen molar-refractivity contribution in [2.45, 2.75) is 41.1 Å². The smallest absolute Gasteiger partial charge is 0.229 e. The third-order valence-corrected chi connectivity index (χ3v) is 9.70. The molecule has 1 N–H and O–H groups in total. The van der Waals surface area contributed by atoms with E-state index in [1.54, 1.807) is 0 Å². The van der Waals surface area contributed by atoms with Crippen molar-refractivity contribution >= 4 is 29.9 Å². The van der Waals surface area contributed by atoms with Gasteiger partial charge in [-0.15, -0.1) is 6.42 Å². The Morgan fingerprint density at radius 3 is 2.15 bits per heavy atom. The van der Waals surface area contributed by atoms with Gasteiger partial charge in [-0.25, -0.2) is 30.0 Å². The maximum Gasteiger partial charge on any atom is 0.244 e. The minimum absolute atomic E-state index is 0.0275. The van der Waals surface area contributed by atoms with Crippen molar-refractivity contribution in [3.8, 4) is 12.3 Å². The Bertz CT molecular complexity index is 1070. The zero-order chi connectivity index (χ0) is 19.9. The van der Waals surface area contributed by atoms with E-state index in [1.165, 1.54) is 24.3 Å². The lowest BCUT2D eigenvalue weighted by Gasteiger charge is -2.25. The maximum absolute atomic E-state index is 12.9. The molecule has 8 nitrogen and oxygen atoms in total. The first-order valence-electron chi connectivity index (χ1n) is 8.33. The van der Waals surface area contributed by atoms with Crippen LogP contribution in [0.25, 0.3) is 0 Å². The molecule has 1 aliphatic carbocycles. The summed E-state index contributed by atoms with van der Waals surface area (Å²) < 4.78 is 77.2. The summed E-state index contributed by atoms with van der Waals surface area (Å²) in [6.45, 7) is -0.258. The molecule has 1 saturated carbocycles. The van der Waals surface area contributed by atoms with Crippen LogP contribution in [0.4, 0.5) is 0 Å². The first-order chi connectivity index (χ1) is 12.5. The number of benzene rings is 1. The van der Waals surface area contributed by atoms with Crippen LogP contribution >= 0.6 is 0 Å². The molecule has 1 unspecified atom stereocenters. The highest BCUT2D eigenvalue weighted by Gasteiger charge is 2.38. The van der Waals surface area contributed by atoms with Crippen LogP contribution in [-0.2, 0) is 29.9 Å². The van der Waals surface area contributed by atoms with Gasteiger partial charge in [0.15, 0.2) is 9.84 Å². The quantitative estimate of drug-likeness (QED) is 0.603. The van der Waals surface area contributed by atoms with Gasteiger partial charge >= 0.3 is 0 Å². The Kier molecular flexibility index (Phi) is 5.39. The van der Waals surface area contributed by atoms with E-state index >= 15 is 0 Å². The fourth-order valence-electron chi connectivity index (χ4n) is 2.92. The van der Waals surface area contributed by atoms with Crippen LogP contribution in [0.1, 0.15) is 19.3 Å². The second-order valence-electron chi connectivity index (χ2n) is 6.68. The molecule has 27 heavy (non-hydrogen) atoms. The number of nitrogens with one attached hydrogen (secondary N) is 1. The number of sulfonamides is 2. The summed E-state index contributed by atoms with van der Waals surface area (Å²) in [5, 5.41) is 0. The summed E-state index contributed by atoms with van der Waals surface area (Å²) in [7, 11) is -11.0. The number of hydrogen-bond acceptors (Lipinski definition) is 6. The molecule has 0 bridgehead atoms. The molecule has 1 atom stereocenters. The lowest BCUT2D eigenvalue weighted by atomic mass is 10.3. The van der Waals surface area contributed by atoms with E-state index in [1.807, 2.05) is 0 Å². The summed E-state index contributed by atoms with van der Waals surface area (Å²) in [5.74, 6) is 1.90. The van der Waals surface area contributed by atoms with Gasteiger partial charge < -0.3 is 0 Å². The van der Waals surface area contributed by atoms with Crippen LogP contribution in [0.15, 0.2) is 34.1 Å². The monoisotopic (exact) mass is 432 g/mol. The zero-order valence-electron chi connectivity index (χ0n) is 14.4. The Labute approximate surface area is 160 Å². The van der Waals surface area contributed by atoms with Gasteiger partial charge in [0.2, 0.25) is 20.0 Å². The summed E-state index contributed by atoms with van der Waals surface area (Å²) in [6.07, 6.45) is 7.04. The highest BCUT2D eigenvalue weighted by Crippen LogP contribution is 2.26. The molecular weight excluding hydrogens is 412 g/mol. The lowest BCUT2D eigenvalue weighted by molar-refractivity contribution is 0.371. The first kappa shape index (κ1) is 20.3. The zero-order valence-corrected chi connectivity index (χ0v) is 16.9. The Morgan fingerprint density at radius 1 is 1.07 bits per heavy atom. The molecule has 1 aromatic rings. The van der Waals surface area contributed by atoms with Crippen molar-refractivity contribution in [3.63, 3.8) is 0 Å². The second-order valence-corrected chi connectivity index (χ2v) is 12.5. The van der Waals surface area contributed by atoms with Crippen molar-refractivity contribution in [2.24, 2.45) is 0 Å². The number of nitrogens with zero attached hydrogens (tertiary/aromatic N) is 1. The molecule has 11 heteroatoms. The van der Waals surface area contributed by atoms with Crippen molar-refractivity contribution in [2.75, 3.05) is 18.1 Å². The van der Waals surface area contributed by atoms with E-state index in [2.05, 4.69) is 10.6 Å². The van der Waals surface area contributed by atoms with E-state index in [0.29, 0.717) is 0 Å². The van der Waals surface area contributed by atoms with E-state index in [-0.39, 0.29) is 40.3 Å². The van der Waals surface area contributed by atoms with Crippen LogP contribution < -0.4 is 4.72 Å². The molecule has 0 radical (unpaired) electrons. The Morgan fingerprint density at radius 2 is 1.67 bits per heavy atom. The van der Waals surface area contributed by atoms with Crippen molar-refractivity contribution in [3.05, 3.63) is 24.3 Å². The van der Waals surface area contributed by atoms with E-state index in [0.717, 1.165) is 17.1 Å². The van der Waals surface area contributed by atoms with Crippen molar-refractivity contribution in [1.82, 2.24) is 9.03 Å². The number of sulfone groups is 1. The molecule has 2 fully saturated rings. The number of rotatable bonds is 7. The van der Waals surface area contributed by atoms with Gasteiger partial charge in [-0.05, 0) is 43.5 Å². The maximum atomic E-state index is 12.9. The molecule has 148 valence electrons. The summed E-state index contributed by atoms with van der Waals surface area (Å²) in [6, 6.07) is 4.05. The standard InChI is InChI=1S/C16H20N2O6S3/c1-2-10-18(14-9-11-25(19,20)12-14)27(23,24)16-7-5-15(6-8-16)26(21,22)17-13-3-4-13/h1,5-8,13-14,17H,3-4,9-12H2. The average molecular weight is 433 g/mol. The van der Waals surface area contributed by atoms with Crippen molar-refractivity contribution < 1.29 is 25.3 Å². The van der Waals surface area contributed by atoms with Crippen molar-refractivity contribution in [1.29, 1.82) is 0 Å². The molecule has 1 aliphatic heterocycles. The molecule has 1 saturated heterocycles. The summed E-state index contributed by atoms with van der Waals surface area (Å²) in [5.41, 5.74) is 0. The van der Waals surface area contributed by atoms with Gasteiger partial charge in [0.25, 0.3) is 0 Å². The highest BCUT2D eigenvalue weighted by molar-refractivity contribution is 7.92. The first-order valence-corrected chi connectivity index (χ1v) is 13.1. The van der Waals surface area contributed by atoms with Gasteiger partial charge in [-0.1, -0.05) is 5.92 Å². The Balaban J connectivity index is 1.87. The fraction of sp³-hybridized carbons (Fsp3) is 0.500. The predicted octanol–water partition coefficient (Wildman–Crippen LogP) is -0.0617. The minimum atomic E-state index is -4.06.